The van der Waals surface area contributed by atoms with Crippen molar-refractivity contribution in [3.05, 3.63) is 42.2 Å². The molecule has 182 valence electrons. The van der Waals surface area contributed by atoms with Gasteiger partial charge in [0.1, 0.15) is 6.10 Å². The van der Waals surface area contributed by atoms with Crippen molar-refractivity contribution in [2.45, 2.75) is 44.0 Å². The Labute approximate surface area is 194 Å². The molecule has 0 spiro atoms. The second kappa shape index (κ2) is 10.1. The Hall–Kier alpha value is -3.57. The Balaban J connectivity index is 1.38. The lowest BCUT2D eigenvalue weighted by Crippen LogP contribution is -2.48. The van der Waals surface area contributed by atoms with Gasteiger partial charge in [0.25, 0.3) is 0 Å². The molecule has 0 unspecified atom stereocenters. The summed E-state index contributed by atoms with van der Waals surface area (Å²) in [4.78, 5) is 34.1. The molecule has 9 nitrogen and oxygen atoms in total. The third-order valence-corrected chi connectivity index (χ3v) is 5.77. The van der Waals surface area contributed by atoms with Crippen molar-refractivity contribution in [3.8, 4) is 6.01 Å². The largest absolute Gasteiger partial charge is 0.460 e. The summed E-state index contributed by atoms with van der Waals surface area (Å²) in [7, 11) is 0. The van der Waals surface area contributed by atoms with Crippen LogP contribution in [-0.2, 0) is 11.0 Å². The second-order valence-corrected chi connectivity index (χ2v) is 8.22. The highest BCUT2D eigenvalue weighted by molar-refractivity contribution is 5.94. The molecule has 1 saturated heterocycles. The van der Waals surface area contributed by atoms with Crippen molar-refractivity contribution in [1.82, 2.24) is 20.6 Å². The molecule has 2 aromatic rings. The fourth-order valence-corrected chi connectivity index (χ4v) is 4.10. The van der Waals surface area contributed by atoms with E-state index in [2.05, 4.69) is 25.9 Å². The van der Waals surface area contributed by atoms with Crippen molar-refractivity contribution in [1.29, 1.82) is 0 Å². The van der Waals surface area contributed by atoms with Gasteiger partial charge in [-0.1, -0.05) is 0 Å². The topological polar surface area (TPSA) is 108 Å². The van der Waals surface area contributed by atoms with E-state index < -0.39 is 17.8 Å². The highest BCUT2D eigenvalue weighted by Crippen LogP contribution is 2.35. The number of piperazine rings is 1. The van der Waals surface area contributed by atoms with Crippen LogP contribution in [0, 0.1) is 0 Å². The number of ether oxygens (including phenoxy) is 1. The number of carbonyl (C=O) groups excluding carboxylic acids is 2. The maximum Gasteiger partial charge on any atom is 0.416 e. The molecule has 0 bridgehead atoms. The molecule has 2 aliphatic rings. The normalized spacial score (nSPS) is 20.9. The molecule has 4 rings (SSSR count). The Kier molecular flexibility index (Phi) is 7.03. The molecule has 1 aliphatic carbocycles. The van der Waals surface area contributed by atoms with Gasteiger partial charge in [-0.05, 0) is 49.9 Å². The Bertz CT molecular complexity index is 1010. The first-order chi connectivity index (χ1) is 16.3. The lowest BCUT2D eigenvalue weighted by Gasteiger charge is -2.31. The van der Waals surface area contributed by atoms with E-state index in [9.17, 15) is 22.8 Å². The first-order valence-electron chi connectivity index (χ1n) is 11.0. The summed E-state index contributed by atoms with van der Waals surface area (Å²) in [5.74, 6) is -0.235. The fraction of sp³-hybridized carbons (Fsp3) is 0.455. The summed E-state index contributed by atoms with van der Waals surface area (Å²) in [6.07, 6.45) is 1.21. The lowest BCUT2D eigenvalue weighted by molar-refractivity contribution is -0.137. The average Bonchev–Trinajstić information content (AvgIpc) is 2.80. The minimum absolute atomic E-state index is 0.000251. The van der Waals surface area contributed by atoms with Gasteiger partial charge in [-0.25, -0.2) is 14.8 Å². The predicted octanol–water partition coefficient (Wildman–Crippen LogP) is 2.94. The third-order valence-electron chi connectivity index (χ3n) is 5.77. The molecule has 2 heterocycles. The van der Waals surface area contributed by atoms with Crippen LogP contribution in [0.3, 0.4) is 0 Å². The van der Waals surface area contributed by atoms with E-state index in [1.54, 1.807) is 23.4 Å². The third kappa shape index (κ3) is 6.06. The van der Waals surface area contributed by atoms with Gasteiger partial charge in [-0.3, -0.25) is 4.79 Å². The van der Waals surface area contributed by atoms with Crippen molar-refractivity contribution in [2.24, 2.45) is 0 Å². The maximum atomic E-state index is 13.3. The number of urea groups is 1. The zero-order valence-corrected chi connectivity index (χ0v) is 18.3. The molecule has 1 saturated carbocycles. The number of amides is 3. The van der Waals surface area contributed by atoms with Gasteiger partial charge in [0, 0.05) is 31.5 Å². The number of nitrogens with zero attached hydrogens (tertiary/aromatic N) is 3. The van der Waals surface area contributed by atoms with Crippen LogP contribution in [0.5, 0.6) is 6.01 Å². The summed E-state index contributed by atoms with van der Waals surface area (Å²) in [6, 6.07) is 4.38. The number of hydrogen-bond acceptors (Lipinski definition) is 6. The minimum atomic E-state index is -4.56. The number of carbonyl (C=O) groups is 2. The smallest absolute Gasteiger partial charge is 0.416 e. The molecule has 12 heteroatoms. The maximum absolute atomic E-state index is 13.3. The van der Waals surface area contributed by atoms with E-state index in [1.165, 1.54) is 6.07 Å². The second-order valence-electron chi connectivity index (χ2n) is 8.22. The first-order valence-corrected chi connectivity index (χ1v) is 11.0. The summed E-state index contributed by atoms with van der Waals surface area (Å²) in [5.41, 5.74) is -0.521. The summed E-state index contributed by atoms with van der Waals surface area (Å²) in [5, 5.41) is 8.06. The molecule has 1 aromatic heterocycles. The Morgan fingerprint density at radius 1 is 1.15 bits per heavy atom. The van der Waals surface area contributed by atoms with Crippen LogP contribution in [0.1, 0.15) is 31.2 Å². The summed E-state index contributed by atoms with van der Waals surface area (Å²) in [6.45, 7) is 0.782. The van der Waals surface area contributed by atoms with E-state index in [0.717, 1.165) is 12.1 Å². The molecule has 34 heavy (non-hydrogen) atoms. The number of rotatable bonds is 5. The highest BCUT2D eigenvalue weighted by atomic mass is 19.4. The van der Waals surface area contributed by atoms with Gasteiger partial charge in [0.2, 0.25) is 5.91 Å². The van der Waals surface area contributed by atoms with E-state index in [1.807, 2.05) is 0 Å². The number of nitrogens with one attached hydrogen (secondary N) is 3. The molecule has 1 aliphatic heterocycles. The van der Waals surface area contributed by atoms with Gasteiger partial charge >= 0.3 is 18.2 Å². The molecular formula is C22H25F3N6O3. The SMILES string of the molecule is O=C1CN(c2ccc(C(F)(F)F)cc2NC(=O)N[C@H]2CC[C@H](Oc3ncccn3)CC2)CCN1. The lowest BCUT2D eigenvalue weighted by atomic mass is 9.93. The predicted molar refractivity (Wildman–Crippen MR) is 118 cm³/mol. The number of hydrogen-bond donors (Lipinski definition) is 3. The number of anilines is 2. The van der Waals surface area contributed by atoms with Crippen LogP contribution in [-0.4, -0.2) is 53.7 Å². The van der Waals surface area contributed by atoms with Gasteiger partial charge < -0.3 is 25.6 Å². The standard InChI is InChI=1S/C22H25F3N6O3/c23-22(24,25)14-2-7-18(31-11-10-26-19(32)13-31)17(12-14)30-20(33)29-15-3-5-16(6-4-15)34-21-27-8-1-9-28-21/h1-2,7-9,12,15-16H,3-6,10-11,13H2,(H,26,32)(H2,29,30,33)/t15-,16-. The van der Waals surface area contributed by atoms with Crippen LogP contribution >= 0.6 is 0 Å². The highest BCUT2D eigenvalue weighted by Gasteiger charge is 2.32. The van der Waals surface area contributed by atoms with Gasteiger partial charge in [-0.15, -0.1) is 0 Å². The number of halogens is 3. The van der Waals surface area contributed by atoms with Crippen LogP contribution in [0.15, 0.2) is 36.7 Å². The molecule has 2 fully saturated rings. The van der Waals surface area contributed by atoms with Crippen LogP contribution in [0.2, 0.25) is 0 Å². The molecule has 3 amide bonds. The van der Waals surface area contributed by atoms with E-state index in [4.69, 9.17) is 4.74 Å². The number of aromatic nitrogens is 2. The summed E-state index contributed by atoms with van der Waals surface area (Å²) < 4.78 is 45.6. The first kappa shape index (κ1) is 23.6. The van der Waals surface area contributed by atoms with Crippen molar-refractivity contribution >= 4 is 23.3 Å². The fourth-order valence-electron chi connectivity index (χ4n) is 4.10. The zero-order valence-electron chi connectivity index (χ0n) is 18.3. The van der Waals surface area contributed by atoms with E-state index >= 15 is 0 Å². The Morgan fingerprint density at radius 2 is 1.88 bits per heavy atom. The van der Waals surface area contributed by atoms with Crippen molar-refractivity contribution in [2.75, 3.05) is 29.9 Å². The quantitative estimate of drug-likeness (QED) is 0.610. The van der Waals surface area contributed by atoms with E-state index in [0.29, 0.717) is 50.5 Å². The number of benzene rings is 1. The van der Waals surface area contributed by atoms with Gasteiger partial charge in [0.05, 0.1) is 23.5 Å². The van der Waals surface area contributed by atoms with Crippen molar-refractivity contribution < 1.29 is 27.5 Å². The monoisotopic (exact) mass is 478 g/mol. The minimum Gasteiger partial charge on any atom is -0.460 e. The molecule has 3 N–H and O–H groups in total. The van der Waals surface area contributed by atoms with Crippen molar-refractivity contribution in [3.63, 3.8) is 0 Å². The van der Waals surface area contributed by atoms with Crippen LogP contribution in [0.25, 0.3) is 0 Å². The van der Waals surface area contributed by atoms with E-state index in [-0.39, 0.29) is 30.3 Å². The van der Waals surface area contributed by atoms with Crippen LogP contribution in [0.4, 0.5) is 29.3 Å². The number of alkyl halides is 3. The molecular weight excluding hydrogens is 453 g/mol. The molecule has 1 aromatic carbocycles. The zero-order chi connectivity index (χ0) is 24.1. The average molecular weight is 478 g/mol. The van der Waals surface area contributed by atoms with Crippen LogP contribution < -0.4 is 25.6 Å². The summed E-state index contributed by atoms with van der Waals surface area (Å²) >= 11 is 0. The molecule has 0 atom stereocenters. The van der Waals surface area contributed by atoms with Gasteiger partial charge in [0.15, 0.2) is 0 Å². The molecule has 0 radical (unpaired) electrons. The van der Waals surface area contributed by atoms with Gasteiger partial charge in [-0.2, -0.15) is 13.2 Å². The Morgan fingerprint density at radius 3 is 2.56 bits per heavy atom.